The lowest BCUT2D eigenvalue weighted by atomic mass is 9.85. The minimum atomic E-state index is -0.712. The summed E-state index contributed by atoms with van der Waals surface area (Å²) in [6.45, 7) is 3.80. The van der Waals surface area contributed by atoms with E-state index >= 15 is 0 Å². The Morgan fingerprint density at radius 2 is 1.74 bits per heavy atom. The number of benzene rings is 1. The van der Waals surface area contributed by atoms with E-state index in [1.54, 1.807) is 6.20 Å². The Hall–Kier alpha value is -3.38. The number of anilines is 3. The Balaban J connectivity index is 1.18. The fourth-order valence-corrected chi connectivity index (χ4v) is 6.77. The molecule has 2 saturated carbocycles. The number of hydrogen-bond donors (Lipinski definition) is 4. The average molecular weight is 597 g/mol. The molecule has 3 aliphatic rings. The standard InChI is InChI=1S/C31H42F2N8O2/c32-21-6-13-26(25(33)18-21)37-31-38-27-19-35-30(36-22-7-11-24(42)12-8-22)39-28(27)41(31)23-9-4-20(5-10-23)29(43)34-14-17-40-15-2-1-3-16-40/h6,13,18-20,22-24,42H,1-5,7-12,14-17H2,(H,34,43)(H,37,38)(H,35,36,39)/t20-,22-,23+,24-. The van der Waals surface area contributed by atoms with E-state index in [1.807, 2.05) is 4.57 Å². The average Bonchev–Trinajstić information content (AvgIpc) is 3.37. The maximum absolute atomic E-state index is 14.6. The fraction of sp³-hybridized carbons (Fsp3) is 0.613. The zero-order valence-corrected chi connectivity index (χ0v) is 24.6. The van der Waals surface area contributed by atoms with Crippen LogP contribution < -0.4 is 16.0 Å². The van der Waals surface area contributed by atoms with E-state index in [4.69, 9.17) is 9.97 Å². The number of halogens is 2. The summed E-state index contributed by atoms with van der Waals surface area (Å²) in [6.07, 6.45) is 11.3. The van der Waals surface area contributed by atoms with Gasteiger partial charge in [0.25, 0.3) is 0 Å². The second-order valence-corrected chi connectivity index (χ2v) is 12.3. The lowest BCUT2D eigenvalue weighted by molar-refractivity contribution is -0.126. The topological polar surface area (TPSA) is 120 Å². The number of aliphatic hydroxyl groups is 1. The maximum atomic E-state index is 14.6. The van der Waals surface area contributed by atoms with Crippen molar-refractivity contribution >= 4 is 34.7 Å². The third-order valence-electron chi connectivity index (χ3n) is 9.25. The number of amides is 1. The van der Waals surface area contributed by atoms with Gasteiger partial charge in [-0.1, -0.05) is 6.42 Å². The van der Waals surface area contributed by atoms with Crippen LogP contribution >= 0.6 is 0 Å². The van der Waals surface area contributed by atoms with Crippen LogP contribution in [0.4, 0.5) is 26.4 Å². The molecule has 232 valence electrons. The molecular weight excluding hydrogens is 554 g/mol. The number of likely N-dealkylation sites (tertiary alicyclic amines) is 1. The highest BCUT2D eigenvalue weighted by atomic mass is 19.1. The Kier molecular flexibility index (Phi) is 9.32. The Bertz CT molecular complexity index is 1400. The van der Waals surface area contributed by atoms with E-state index in [1.165, 1.54) is 31.4 Å². The molecule has 1 aliphatic heterocycles. The monoisotopic (exact) mass is 596 g/mol. The van der Waals surface area contributed by atoms with Crippen LogP contribution in [0.3, 0.4) is 0 Å². The number of piperidine rings is 1. The third-order valence-corrected chi connectivity index (χ3v) is 9.25. The summed E-state index contributed by atoms with van der Waals surface area (Å²) in [5.74, 6) is -0.410. The van der Waals surface area contributed by atoms with Crippen LogP contribution in [0.15, 0.2) is 24.4 Å². The summed E-state index contributed by atoms with van der Waals surface area (Å²) >= 11 is 0. The van der Waals surface area contributed by atoms with Crippen molar-refractivity contribution in [3.8, 4) is 0 Å². The molecule has 0 bridgehead atoms. The molecule has 1 saturated heterocycles. The van der Waals surface area contributed by atoms with E-state index < -0.39 is 11.6 Å². The summed E-state index contributed by atoms with van der Waals surface area (Å²) in [5.41, 5.74) is 1.30. The number of nitrogens with one attached hydrogen (secondary N) is 3. The fourth-order valence-electron chi connectivity index (χ4n) is 6.77. The van der Waals surface area contributed by atoms with Gasteiger partial charge in [-0.2, -0.15) is 4.98 Å². The summed E-state index contributed by atoms with van der Waals surface area (Å²) < 4.78 is 30.2. The summed E-state index contributed by atoms with van der Waals surface area (Å²) in [6, 6.07) is 3.56. The van der Waals surface area contributed by atoms with E-state index in [0.29, 0.717) is 29.6 Å². The molecule has 0 spiro atoms. The van der Waals surface area contributed by atoms with Gasteiger partial charge >= 0.3 is 0 Å². The second-order valence-electron chi connectivity index (χ2n) is 12.3. The van der Waals surface area contributed by atoms with Gasteiger partial charge in [0.05, 0.1) is 18.0 Å². The first-order valence-electron chi connectivity index (χ1n) is 15.8. The Morgan fingerprint density at radius 3 is 2.49 bits per heavy atom. The number of imidazole rings is 1. The highest BCUT2D eigenvalue weighted by Crippen LogP contribution is 2.37. The minimum Gasteiger partial charge on any atom is -0.393 e. The first-order chi connectivity index (χ1) is 20.9. The van der Waals surface area contributed by atoms with E-state index in [-0.39, 0.29) is 35.7 Å². The smallest absolute Gasteiger partial charge is 0.224 e. The largest absolute Gasteiger partial charge is 0.393 e. The molecule has 4 N–H and O–H groups in total. The first-order valence-corrected chi connectivity index (χ1v) is 15.8. The van der Waals surface area contributed by atoms with Crippen LogP contribution in [0, 0.1) is 17.6 Å². The van der Waals surface area contributed by atoms with Crippen molar-refractivity contribution in [2.24, 2.45) is 5.92 Å². The molecule has 1 aromatic carbocycles. The van der Waals surface area contributed by atoms with Crippen LogP contribution in [0.5, 0.6) is 0 Å². The van der Waals surface area contributed by atoms with Crippen molar-refractivity contribution in [3.63, 3.8) is 0 Å². The molecule has 1 amide bonds. The zero-order chi connectivity index (χ0) is 29.8. The molecule has 43 heavy (non-hydrogen) atoms. The summed E-state index contributed by atoms with van der Waals surface area (Å²) in [7, 11) is 0. The number of carbonyl (C=O) groups excluding carboxylic acids is 1. The number of aromatic nitrogens is 4. The number of fused-ring (bicyclic) bond motifs is 1. The van der Waals surface area contributed by atoms with E-state index in [0.717, 1.165) is 77.1 Å². The quantitative estimate of drug-likeness (QED) is 0.276. The van der Waals surface area contributed by atoms with Gasteiger partial charge in [-0.3, -0.25) is 9.36 Å². The normalized spacial score (nSPS) is 25.0. The molecular formula is C31H42F2N8O2. The maximum Gasteiger partial charge on any atom is 0.224 e. The van der Waals surface area contributed by atoms with Gasteiger partial charge in [0.2, 0.25) is 17.8 Å². The van der Waals surface area contributed by atoms with Crippen LogP contribution in [-0.2, 0) is 4.79 Å². The number of carbonyl (C=O) groups is 1. The molecule has 2 aromatic heterocycles. The van der Waals surface area contributed by atoms with Gasteiger partial charge in [-0.25, -0.2) is 18.7 Å². The van der Waals surface area contributed by atoms with Gasteiger partial charge in [-0.15, -0.1) is 0 Å². The van der Waals surface area contributed by atoms with Gasteiger partial charge in [0.1, 0.15) is 17.2 Å². The van der Waals surface area contributed by atoms with Gasteiger partial charge in [-0.05, 0) is 89.4 Å². The van der Waals surface area contributed by atoms with Crippen molar-refractivity contribution < 1.29 is 18.7 Å². The van der Waals surface area contributed by atoms with Gasteiger partial charge in [0, 0.05) is 37.2 Å². The molecule has 3 aromatic rings. The van der Waals surface area contributed by atoms with Gasteiger partial charge < -0.3 is 26.0 Å². The number of aliphatic hydroxyl groups excluding tert-OH is 1. The van der Waals surface area contributed by atoms with Crippen molar-refractivity contribution in [1.29, 1.82) is 0 Å². The molecule has 0 atom stereocenters. The van der Waals surface area contributed by atoms with Crippen molar-refractivity contribution in [1.82, 2.24) is 29.7 Å². The molecule has 0 unspecified atom stereocenters. The molecule has 3 heterocycles. The minimum absolute atomic E-state index is 0.0130. The Morgan fingerprint density at radius 1 is 0.977 bits per heavy atom. The predicted octanol–water partition coefficient (Wildman–Crippen LogP) is 4.90. The lowest BCUT2D eigenvalue weighted by Crippen LogP contribution is -2.40. The summed E-state index contributed by atoms with van der Waals surface area (Å²) in [4.78, 5) is 29.4. The molecule has 12 heteroatoms. The molecule has 2 aliphatic carbocycles. The van der Waals surface area contributed by atoms with E-state index in [2.05, 4.69) is 25.8 Å². The second kappa shape index (κ2) is 13.5. The Labute approximate surface area is 250 Å². The molecule has 3 fully saturated rings. The zero-order valence-electron chi connectivity index (χ0n) is 24.6. The van der Waals surface area contributed by atoms with Gasteiger partial charge in [0.15, 0.2) is 5.65 Å². The van der Waals surface area contributed by atoms with Crippen molar-refractivity contribution in [3.05, 3.63) is 36.0 Å². The third kappa shape index (κ3) is 7.23. The number of rotatable bonds is 9. The highest BCUT2D eigenvalue weighted by Gasteiger charge is 2.30. The number of hydrogen-bond acceptors (Lipinski definition) is 8. The van der Waals surface area contributed by atoms with Crippen LogP contribution in [0.1, 0.15) is 76.7 Å². The van der Waals surface area contributed by atoms with Crippen molar-refractivity contribution in [2.75, 3.05) is 36.8 Å². The predicted molar refractivity (Wildman–Crippen MR) is 161 cm³/mol. The molecule has 0 radical (unpaired) electrons. The van der Waals surface area contributed by atoms with Crippen molar-refractivity contribution in [2.45, 2.75) is 88.8 Å². The number of nitrogens with zero attached hydrogens (tertiary/aromatic N) is 5. The van der Waals surface area contributed by atoms with Crippen LogP contribution in [-0.4, -0.2) is 73.8 Å². The lowest BCUT2D eigenvalue weighted by Gasteiger charge is -2.30. The molecule has 10 nitrogen and oxygen atoms in total. The highest BCUT2D eigenvalue weighted by molar-refractivity contribution is 5.79. The molecule has 6 rings (SSSR count). The van der Waals surface area contributed by atoms with Crippen LogP contribution in [0.2, 0.25) is 0 Å². The first kappa shape index (κ1) is 29.7. The SMILES string of the molecule is O=C(NCCN1CCCCC1)[C@H]1CC[C@@H](n2c(Nc3ccc(F)cc3F)nc3cnc(N[C@H]4CC[C@H](O)CC4)nc32)CC1. The summed E-state index contributed by atoms with van der Waals surface area (Å²) in [5, 5.41) is 19.5. The van der Waals surface area contributed by atoms with Crippen LogP contribution in [0.25, 0.3) is 11.2 Å². The van der Waals surface area contributed by atoms with E-state index in [9.17, 15) is 18.7 Å².